The Morgan fingerprint density at radius 1 is 1.12 bits per heavy atom. The highest BCUT2D eigenvalue weighted by Gasteiger charge is 2.28. The summed E-state index contributed by atoms with van der Waals surface area (Å²) in [6.07, 6.45) is 3.23. The Bertz CT molecular complexity index is 702. The summed E-state index contributed by atoms with van der Waals surface area (Å²) in [5.74, 6) is -0.124. The van der Waals surface area contributed by atoms with Crippen LogP contribution in [0, 0.1) is 0 Å². The molecule has 25 heavy (non-hydrogen) atoms. The summed E-state index contributed by atoms with van der Waals surface area (Å²) in [6, 6.07) is 9.47. The molecular formula is C18H22N4O3. The molecular weight excluding hydrogens is 320 g/mol. The van der Waals surface area contributed by atoms with E-state index < -0.39 is 6.10 Å². The molecule has 0 spiro atoms. The van der Waals surface area contributed by atoms with Gasteiger partial charge in [-0.1, -0.05) is 30.3 Å². The van der Waals surface area contributed by atoms with Crippen molar-refractivity contribution in [1.82, 2.24) is 20.0 Å². The molecule has 2 aromatic rings. The van der Waals surface area contributed by atoms with Crippen LogP contribution < -0.4 is 0 Å². The molecule has 1 atom stereocenters. The lowest BCUT2D eigenvalue weighted by Crippen LogP contribution is -2.39. The molecule has 2 heterocycles. The predicted molar refractivity (Wildman–Crippen MR) is 91.9 cm³/mol. The first-order valence-corrected chi connectivity index (χ1v) is 8.35. The van der Waals surface area contributed by atoms with Crippen LogP contribution in [0.4, 0.5) is 0 Å². The van der Waals surface area contributed by atoms with Gasteiger partial charge in [-0.2, -0.15) is 5.10 Å². The number of aromatic nitrogens is 2. The second kappa shape index (κ2) is 7.94. The number of carbonyl (C=O) groups is 2. The molecule has 7 nitrogen and oxygen atoms in total. The van der Waals surface area contributed by atoms with Gasteiger partial charge < -0.3 is 14.5 Å². The molecule has 1 saturated heterocycles. The second-order valence-corrected chi connectivity index (χ2v) is 5.98. The van der Waals surface area contributed by atoms with Crippen LogP contribution in [0.25, 0.3) is 0 Å². The molecule has 0 saturated carbocycles. The topological polar surface area (TPSA) is 78.5 Å². The van der Waals surface area contributed by atoms with Crippen molar-refractivity contribution in [2.75, 3.05) is 33.3 Å². The van der Waals surface area contributed by atoms with Gasteiger partial charge in [-0.3, -0.25) is 14.7 Å². The van der Waals surface area contributed by atoms with Crippen LogP contribution in [-0.2, 0) is 9.53 Å². The van der Waals surface area contributed by atoms with Crippen LogP contribution in [0.15, 0.2) is 42.7 Å². The number of hydrogen-bond acceptors (Lipinski definition) is 4. The van der Waals surface area contributed by atoms with E-state index in [4.69, 9.17) is 4.74 Å². The van der Waals surface area contributed by atoms with Gasteiger partial charge in [-0.05, 0) is 12.0 Å². The Morgan fingerprint density at radius 2 is 1.84 bits per heavy atom. The number of hydrogen-bond donors (Lipinski definition) is 1. The minimum absolute atomic E-state index is 0.0607. The van der Waals surface area contributed by atoms with Crippen molar-refractivity contribution in [3.8, 4) is 0 Å². The van der Waals surface area contributed by atoms with E-state index in [0.717, 1.165) is 12.0 Å². The number of methoxy groups -OCH3 is 1. The first kappa shape index (κ1) is 17.2. The molecule has 0 bridgehead atoms. The van der Waals surface area contributed by atoms with Crippen molar-refractivity contribution < 1.29 is 14.3 Å². The minimum Gasteiger partial charge on any atom is -0.367 e. The van der Waals surface area contributed by atoms with Gasteiger partial charge in [0.05, 0.1) is 11.8 Å². The third-order valence-corrected chi connectivity index (χ3v) is 4.40. The largest absolute Gasteiger partial charge is 0.367 e. The molecule has 2 amide bonds. The molecule has 3 rings (SSSR count). The maximum absolute atomic E-state index is 12.9. The Balaban J connectivity index is 1.66. The number of H-pyrrole nitrogens is 1. The van der Waals surface area contributed by atoms with Crippen LogP contribution >= 0.6 is 0 Å². The summed E-state index contributed by atoms with van der Waals surface area (Å²) >= 11 is 0. The maximum Gasteiger partial charge on any atom is 0.257 e. The Morgan fingerprint density at radius 3 is 2.52 bits per heavy atom. The Labute approximate surface area is 146 Å². The molecule has 132 valence electrons. The number of aromatic amines is 1. The van der Waals surface area contributed by atoms with Gasteiger partial charge in [0.15, 0.2) is 6.10 Å². The molecule has 0 aliphatic carbocycles. The highest BCUT2D eigenvalue weighted by Crippen LogP contribution is 2.20. The number of ether oxygens (including phenoxy) is 1. The molecule has 1 fully saturated rings. The summed E-state index contributed by atoms with van der Waals surface area (Å²) in [7, 11) is 1.54. The van der Waals surface area contributed by atoms with Gasteiger partial charge in [0.25, 0.3) is 11.8 Å². The molecule has 1 aliphatic heterocycles. The van der Waals surface area contributed by atoms with Crippen LogP contribution in [0.3, 0.4) is 0 Å². The fourth-order valence-corrected chi connectivity index (χ4v) is 3.06. The van der Waals surface area contributed by atoms with Gasteiger partial charge in [-0.15, -0.1) is 0 Å². The molecule has 1 aromatic carbocycles. The zero-order valence-electron chi connectivity index (χ0n) is 14.2. The van der Waals surface area contributed by atoms with Crippen LogP contribution in [-0.4, -0.2) is 65.1 Å². The monoisotopic (exact) mass is 342 g/mol. The molecule has 7 heteroatoms. The number of nitrogens with one attached hydrogen (secondary N) is 1. The van der Waals surface area contributed by atoms with Crippen molar-refractivity contribution >= 4 is 11.8 Å². The fourth-order valence-electron chi connectivity index (χ4n) is 3.06. The van der Waals surface area contributed by atoms with Crippen LogP contribution in [0.1, 0.15) is 28.4 Å². The normalized spacial score (nSPS) is 16.4. The van der Waals surface area contributed by atoms with E-state index in [2.05, 4.69) is 10.2 Å². The third-order valence-electron chi connectivity index (χ3n) is 4.40. The van der Waals surface area contributed by atoms with E-state index in [9.17, 15) is 9.59 Å². The van der Waals surface area contributed by atoms with E-state index in [1.165, 1.54) is 6.20 Å². The smallest absolute Gasteiger partial charge is 0.257 e. The number of nitrogens with zero attached hydrogens (tertiary/aromatic N) is 3. The predicted octanol–water partition coefficient (Wildman–Crippen LogP) is 1.47. The third kappa shape index (κ3) is 3.88. The van der Waals surface area contributed by atoms with Gasteiger partial charge in [0.2, 0.25) is 0 Å². The van der Waals surface area contributed by atoms with Gasteiger partial charge in [0, 0.05) is 39.5 Å². The van der Waals surface area contributed by atoms with Gasteiger partial charge >= 0.3 is 0 Å². The molecule has 1 aromatic heterocycles. The van der Waals surface area contributed by atoms with Gasteiger partial charge in [-0.25, -0.2) is 0 Å². The van der Waals surface area contributed by atoms with E-state index in [0.29, 0.717) is 31.7 Å². The number of carbonyl (C=O) groups excluding carboxylic acids is 2. The van der Waals surface area contributed by atoms with Crippen molar-refractivity contribution in [2.24, 2.45) is 0 Å². The lowest BCUT2D eigenvalue weighted by Gasteiger charge is -2.26. The van der Waals surface area contributed by atoms with Crippen LogP contribution in [0.5, 0.6) is 0 Å². The van der Waals surface area contributed by atoms with E-state index in [1.807, 2.05) is 30.3 Å². The minimum atomic E-state index is -0.614. The maximum atomic E-state index is 12.9. The average molecular weight is 342 g/mol. The van der Waals surface area contributed by atoms with Crippen molar-refractivity contribution in [3.05, 3.63) is 53.9 Å². The zero-order valence-corrected chi connectivity index (χ0v) is 14.2. The fraction of sp³-hybridized carbons (Fsp3) is 0.389. The quantitative estimate of drug-likeness (QED) is 0.913. The molecule has 1 N–H and O–H groups in total. The average Bonchev–Trinajstić information content (AvgIpc) is 3.07. The summed E-state index contributed by atoms with van der Waals surface area (Å²) in [5, 5.41) is 6.47. The standard InChI is InChI=1S/C18H22N4O3/c1-25-16(14-6-3-2-4-7-14)18(24)22-9-5-8-21(10-11-22)17(23)15-12-19-20-13-15/h2-4,6-7,12-13,16H,5,8-11H2,1H3,(H,19,20)/t16-/m1/s1. The van der Waals surface area contributed by atoms with Gasteiger partial charge in [0.1, 0.15) is 0 Å². The zero-order chi connectivity index (χ0) is 17.6. The van der Waals surface area contributed by atoms with Crippen LogP contribution in [0.2, 0.25) is 0 Å². The number of amides is 2. The van der Waals surface area contributed by atoms with E-state index in [1.54, 1.807) is 23.1 Å². The summed E-state index contributed by atoms with van der Waals surface area (Å²) < 4.78 is 5.44. The molecule has 0 radical (unpaired) electrons. The Hall–Kier alpha value is -2.67. The number of rotatable bonds is 4. The SMILES string of the molecule is CO[C@@H](C(=O)N1CCCN(C(=O)c2cn[nH]c2)CC1)c1ccccc1. The first-order valence-electron chi connectivity index (χ1n) is 8.35. The Kier molecular flexibility index (Phi) is 5.45. The van der Waals surface area contributed by atoms with E-state index in [-0.39, 0.29) is 11.8 Å². The summed E-state index contributed by atoms with van der Waals surface area (Å²) in [4.78, 5) is 28.9. The highest BCUT2D eigenvalue weighted by molar-refractivity contribution is 5.93. The first-order chi connectivity index (χ1) is 12.2. The van der Waals surface area contributed by atoms with Crippen molar-refractivity contribution in [3.63, 3.8) is 0 Å². The summed E-state index contributed by atoms with van der Waals surface area (Å²) in [5.41, 5.74) is 1.38. The summed E-state index contributed by atoms with van der Waals surface area (Å²) in [6.45, 7) is 2.23. The lowest BCUT2D eigenvalue weighted by molar-refractivity contribution is -0.142. The van der Waals surface area contributed by atoms with Crippen molar-refractivity contribution in [2.45, 2.75) is 12.5 Å². The second-order valence-electron chi connectivity index (χ2n) is 5.98. The molecule has 0 unspecified atom stereocenters. The highest BCUT2D eigenvalue weighted by atomic mass is 16.5. The number of benzene rings is 1. The van der Waals surface area contributed by atoms with Crippen molar-refractivity contribution in [1.29, 1.82) is 0 Å². The molecule has 1 aliphatic rings. The lowest BCUT2D eigenvalue weighted by atomic mass is 10.1. The van der Waals surface area contributed by atoms with E-state index >= 15 is 0 Å².